The van der Waals surface area contributed by atoms with Crippen LogP contribution in [0.1, 0.15) is 0 Å². The van der Waals surface area contributed by atoms with Gasteiger partial charge in [-0.3, -0.25) is 9.69 Å². The van der Waals surface area contributed by atoms with E-state index in [-0.39, 0.29) is 0 Å². The summed E-state index contributed by atoms with van der Waals surface area (Å²) in [7, 11) is 0. The summed E-state index contributed by atoms with van der Waals surface area (Å²) in [4.78, 5) is 12.4. The molecule has 0 aromatic heterocycles. The third-order valence-electron chi connectivity index (χ3n) is 1.42. The molecular weight excluding hydrogens is 164 g/mol. The second kappa shape index (κ2) is 7.31. The van der Waals surface area contributed by atoms with Crippen molar-refractivity contribution >= 4 is 5.91 Å². The van der Waals surface area contributed by atoms with Crippen molar-refractivity contribution in [1.29, 1.82) is 0 Å². The Hall–Kier alpha value is -1.35. The lowest BCUT2D eigenvalue weighted by Crippen LogP contribution is -2.24. The third-order valence-corrected chi connectivity index (χ3v) is 1.42. The maximum atomic E-state index is 10.4. The second-order valence-electron chi connectivity index (χ2n) is 2.60. The van der Waals surface area contributed by atoms with Gasteiger partial charge in [0.1, 0.15) is 0 Å². The number of primary amides is 1. The van der Waals surface area contributed by atoms with Crippen molar-refractivity contribution in [3.8, 4) is 0 Å². The minimum atomic E-state index is -0.419. The van der Waals surface area contributed by atoms with E-state index < -0.39 is 5.91 Å². The molecule has 0 fully saturated rings. The van der Waals surface area contributed by atoms with E-state index in [0.29, 0.717) is 6.54 Å². The Morgan fingerprint density at radius 1 is 1.23 bits per heavy atom. The molecule has 0 saturated heterocycles. The summed E-state index contributed by atoms with van der Waals surface area (Å²) in [5.74, 6) is -0.419. The molecule has 0 saturated carbocycles. The molecular formula is C10H16N2O. The van der Waals surface area contributed by atoms with Gasteiger partial charge in [-0.25, -0.2) is 0 Å². The summed E-state index contributed by atoms with van der Waals surface area (Å²) in [6, 6.07) is 0. The predicted octanol–water partition coefficient (Wildman–Crippen LogP) is 0.702. The number of rotatable bonds is 7. The molecule has 0 aromatic rings. The van der Waals surface area contributed by atoms with Crippen molar-refractivity contribution in [2.75, 3.05) is 19.6 Å². The molecule has 0 heterocycles. The average Bonchev–Trinajstić information content (AvgIpc) is 2.04. The van der Waals surface area contributed by atoms with E-state index in [9.17, 15) is 4.79 Å². The molecule has 0 aliphatic carbocycles. The highest BCUT2D eigenvalue weighted by Gasteiger charge is 1.96. The number of amides is 1. The quantitative estimate of drug-likeness (QED) is 0.463. The molecule has 0 rings (SSSR count). The maximum absolute atomic E-state index is 10.4. The molecule has 0 atom stereocenters. The first-order chi connectivity index (χ1) is 6.20. The van der Waals surface area contributed by atoms with E-state index in [1.165, 1.54) is 6.08 Å². The van der Waals surface area contributed by atoms with Crippen LogP contribution in [0.2, 0.25) is 0 Å². The Labute approximate surface area is 79.2 Å². The van der Waals surface area contributed by atoms with Crippen LogP contribution in [0, 0.1) is 0 Å². The number of nitrogens with zero attached hydrogens (tertiary/aromatic N) is 1. The number of hydrogen-bond donors (Lipinski definition) is 1. The molecule has 72 valence electrons. The summed E-state index contributed by atoms with van der Waals surface area (Å²) in [5.41, 5.74) is 4.94. The third kappa shape index (κ3) is 7.03. The molecule has 0 bridgehead atoms. The molecule has 13 heavy (non-hydrogen) atoms. The Morgan fingerprint density at radius 2 is 1.77 bits per heavy atom. The Bertz CT molecular complexity index is 199. The summed E-state index contributed by atoms with van der Waals surface area (Å²) in [6.45, 7) is 9.50. The van der Waals surface area contributed by atoms with Gasteiger partial charge < -0.3 is 5.73 Å². The normalized spacial score (nSPS) is 10.5. The van der Waals surface area contributed by atoms with Crippen LogP contribution in [0.4, 0.5) is 0 Å². The van der Waals surface area contributed by atoms with Gasteiger partial charge in [0.05, 0.1) is 0 Å². The monoisotopic (exact) mass is 180 g/mol. The van der Waals surface area contributed by atoms with Crippen LogP contribution in [0.25, 0.3) is 0 Å². The van der Waals surface area contributed by atoms with Crippen LogP contribution in [0.3, 0.4) is 0 Å². The predicted molar refractivity (Wildman–Crippen MR) is 55.2 cm³/mol. The minimum Gasteiger partial charge on any atom is -0.366 e. The first kappa shape index (κ1) is 11.6. The summed E-state index contributed by atoms with van der Waals surface area (Å²) in [6.07, 6.45) is 6.71. The molecule has 3 heteroatoms. The summed E-state index contributed by atoms with van der Waals surface area (Å²) in [5, 5.41) is 0. The van der Waals surface area contributed by atoms with E-state index in [1.54, 1.807) is 6.08 Å². The van der Waals surface area contributed by atoms with Gasteiger partial charge in [0.2, 0.25) is 5.91 Å². The molecule has 0 radical (unpaired) electrons. The zero-order valence-corrected chi connectivity index (χ0v) is 7.78. The van der Waals surface area contributed by atoms with Crippen molar-refractivity contribution in [3.63, 3.8) is 0 Å². The lowest BCUT2D eigenvalue weighted by molar-refractivity contribution is -0.113. The fourth-order valence-corrected chi connectivity index (χ4v) is 0.907. The second-order valence-corrected chi connectivity index (χ2v) is 2.60. The Morgan fingerprint density at radius 3 is 2.15 bits per heavy atom. The van der Waals surface area contributed by atoms with Crippen molar-refractivity contribution in [3.05, 3.63) is 37.5 Å². The van der Waals surface area contributed by atoms with Crippen LogP contribution in [-0.4, -0.2) is 30.4 Å². The average molecular weight is 180 g/mol. The number of carbonyl (C=O) groups is 1. The molecule has 0 unspecified atom stereocenters. The van der Waals surface area contributed by atoms with Crippen molar-refractivity contribution in [2.45, 2.75) is 0 Å². The van der Waals surface area contributed by atoms with Crippen LogP contribution >= 0.6 is 0 Å². The first-order valence-electron chi connectivity index (χ1n) is 4.10. The molecule has 3 nitrogen and oxygen atoms in total. The fourth-order valence-electron chi connectivity index (χ4n) is 0.907. The molecule has 2 N–H and O–H groups in total. The van der Waals surface area contributed by atoms with Crippen molar-refractivity contribution in [2.24, 2.45) is 5.73 Å². The van der Waals surface area contributed by atoms with E-state index >= 15 is 0 Å². The van der Waals surface area contributed by atoms with Gasteiger partial charge in [0.15, 0.2) is 0 Å². The van der Waals surface area contributed by atoms with Gasteiger partial charge in [0, 0.05) is 19.6 Å². The standard InChI is InChI=1S/C10H16N2O/c1-3-7-12(8-4-2)9-5-6-10(11)13/h3-6H,1-2,7-9H2,(H2,11,13)/b6-5+. The highest BCUT2D eigenvalue weighted by atomic mass is 16.1. The zero-order chi connectivity index (χ0) is 10.1. The van der Waals surface area contributed by atoms with Gasteiger partial charge in [0.25, 0.3) is 0 Å². The van der Waals surface area contributed by atoms with Crippen molar-refractivity contribution in [1.82, 2.24) is 4.90 Å². The minimum absolute atomic E-state index is 0.419. The molecule has 0 aromatic carbocycles. The SMILES string of the molecule is C=CCN(CC=C)C/C=C/C(N)=O. The van der Waals surface area contributed by atoms with Gasteiger partial charge >= 0.3 is 0 Å². The summed E-state index contributed by atoms with van der Waals surface area (Å²) >= 11 is 0. The first-order valence-corrected chi connectivity index (χ1v) is 4.10. The number of carbonyl (C=O) groups excluding carboxylic acids is 1. The maximum Gasteiger partial charge on any atom is 0.241 e. The Balaban J connectivity index is 3.86. The lowest BCUT2D eigenvalue weighted by Gasteiger charge is -2.15. The molecule has 1 amide bonds. The highest BCUT2D eigenvalue weighted by Crippen LogP contribution is 1.89. The van der Waals surface area contributed by atoms with Gasteiger partial charge in [-0.05, 0) is 6.08 Å². The lowest BCUT2D eigenvalue weighted by atomic mass is 10.4. The zero-order valence-electron chi connectivity index (χ0n) is 7.78. The van der Waals surface area contributed by atoms with E-state index in [2.05, 4.69) is 18.1 Å². The molecule has 0 spiro atoms. The van der Waals surface area contributed by atoms with Gasteiger partial charge in [-0.2, -0.15) is 0 Å². The van der Waals surface area contributed by atoms with E-state index in [4.69, 9.17) is 5.73 Å². The van der Waals surface area contributed by atoms with E-state index in [1.807, 2.05) is 12.2 Å². The highest BCUT2D eigenvalue weighted by molar-refractivity contribution is 5.85. The topological polar surface area (TPSA) is 46.3 Å². The van der Waals surface area contributed by atoms with Crippen LogP contribution in [-0.2, 0) is 4.79 Å². The smallest absolute Gasteiger partial charge is 0.241 e. The van der Waals surface area contributed by atoms with E-state index in [0.717, 1.165) is 13.1 Å². The molecule has 0 aliphatic heterocycles. The van der Waals surface area contributed by atoms with Crippen LogP contribution in [0.15, 0.2) is 37.5 Å². The largest absolute Gasteiger partial charge is 0.366 e. The number of hydrogen-bond acceptors (Lipinski definition) is 2. The Kier molecular flexibility index (Phi) is 6.55. The fraction of sp³-hybridized carbons (Fsp3) is 0.300. The number of nitrogens with two attached hydrogens (primary N) is 1. The van der Waals surface area contributed by atoms with Crippen molar-refractivity contribution < 1.29 is 4.79 Å². The van der Waals surface area contributed by atoms with Crippen LogP contribution < -0.4 is 5.73 Å². The molecule has 0 aliphatic rings. The summed E-state index contributed by atoms with van der Waals surface area (Å²) < 4.78 is 0. The van der Waals surface area contributed by atoms with Crippen LogP contribution in [0.5, 0.6) is 0 Å². The van der Waals surface area contributed by atoms with Gasteiger partial charge in [-0.1, -0.05) is 18.2 Å². The van der Waals surface area contributed by atoms with Gasteiger partial charge in [-0.15, -0.1) is 13.2 Å².